The van der Waals surface area contributed by atoms with Gasteiger partial charge in [0.2, 0.25) is 17.4 Å². The molecule has 13 heavy (non-hydrogen) atoms. The summed E-state index contributed by atoms with van der Waals surface area (Å²) in [6.45, 7) is 1.53. The van der Waals surface area contributed by atoms with Gasteiger partial charge in [-0.2, -0.15) is 18.2 Å². The van der Waals surface area contributed by atoms with E-state index < -0.39 is 29.2 Å². The summed E-state index contributed by atoms with van der Waals surface area (Å²) >= 11 is 0. The molecule has 1 aromatic heterocycles. The minimum absolute atomic E-state index is 0.0214. The van der Waals surface area contributed by atoms with Gasteiger partial charge in [0.05, 0.1) is 6.61 Å². The smallest absolute Gasteiger partial charge is 0.261 e. The molecule has 0 aliphatic heterocycles. The summed E-state index contributed by atoms with van der Waals surface area (Å²) in [4.78, 5) is 2.87. The van der Waals surface area contributed by atoms with Crippen molar-refractivity contribution in [1.29, 1.82) is 0 Å². The monoisotopic (exact) mass is 193 g/mol. The molecule has 0 saturated heterocycles. The molecule has 0 unspecified atom stereocenters. The second-order valence-corrected chi connectivity index (χ2v) is 2.12. The molecule has 0 saturated carbocycles. The van der Waals surface area contributed by atoms with E-state index in [1.807, 2.05) is 0 Å². The Morgan fingerprint density at radius 3 is 2.46 bits per heavy atom. The number of aromatic hydroxyl groups is 1. The zero-order chi connectivity index (χ0) is 10.0. The van der Waals surface area contributed by atoms with Crippen LogP contribution in [-0.2, 0) is 0 Å². The third-order valence-electron chi connectivity index (χ3n) is 1.26. The highest BCUT2D eigenvalue weighted by atomic mass is 19.2. The van der Waals surface area contributed by atoms with Gasteiger partial charge in [0, 0.05) is 0 Å². The molecule has 0 radical (unpaired) electrons. The van der Waals surface area contributed by atoms with Gasteiger partial charge < -0.3 is 9.84 Å². The maximum atomic E-state index is 12.7. The molecule has 1 N–H and O–H groups in total. The van der Waals surface area contributed by atoms with Crippen molar-refractivity contribution in [3.63, 3.8) is 0 Å². The van der Waals surface area contributed by atoms with Gasteiger partial charge in [-0.3, -0.25) is 0 Å². The number of pyridine rings is 1. The van der Waals surface area contributed by atoms with Gasteiger partial charge in [-0.05, 0) is 6.92 Å². The zero-order valence-electron chi connectivity index (χ0n) is 6.64. The highest BCUT2D eigenvalue weighted by Gasteiger charge is 2.20. The van der Waals surface area contributed by atoms with E-state index in [0.717, 1.165) is 0 Å². The van der Waals surface area contributed by atoms with Gasteiger partial charge in [0.25, 0.3) is 11.8 Å². The first-order valence-corrected chi connectivity index (χ1v) is 3.44. The molecular formula is C7H6F3NO2. The largest absolute Gasteiger partial charge is 0.502 e. The molecule has 1 heterocycles. The van der Waals surface area contributed by atoms with E-state index >= 15 is 0 Å². The summed E-state index contributed by atoms with van der Waals surface area (Å²) in [6, 6.07) is 0. The van der Waals surface area contributed by atoms with Gasteiger partial charge in [-0.1, -0.05) is 0 Å². The molecule has 0 bridgehead atoms. The predicted octanol–water partition coefficient (Wildman–Crippen LogP) is 1.60. The van der Waals surface area contributed by atoms with Crippen molar-refractivity contribution in [2.75, 3.05) is 6.61 Å². The van der Waals surface area contributed by atoms with Gasteiger partial charge >= 0.3 is 0 Å². The molecule has 72 valence electrons. The van der Waals surface area contributed by atoms with Crippen molar-refractivity contribution >= 4 is 0 Å². The second kappa shape index (κ2) is 3.51. The third kappa shape index (κ3) is 1.66. The number of rotatable bonds is 2. The Bertz CT molecular complexity index is 330. The summed E-state index contributed by atoms with van der Waals surface area (Å²) in [5, 5.41) is 8.57. The van der Waals surface area contributed by atoms with Crippen LogP contribution in [0.25, 0.3) is 0 Å². The highest BCUT2D eigenvalue weighted by molar-refractivity contribution is 5.27. The molecule has 0 aliphatic rings. The quantitative estimate of drug-likeness (QED) is 0.725. The Labute approximate surface area is 71.8 Å². The lowest BCUT2D eigenvalue weighted by Crippen LogP contribution is -2.02. The lowest BCUT2D eigenvalue weighted by molar-refractivity contribution is 0.280. The number of hydrogen-bond acceptors (Lipinski definition) is 3. The predicted molar refractivity (Wildman–Crippen MR) is 36.9 cm³/mol. The third-order valence-corrected chi connectivity index (χ3v) is 1.26. The van der Waals surface area contributed by atoms with Crippen LogP contribution in [0.2, 0.25) is 0 Å². The van der Waals surface area contributed by atoms with E-state index in [4.69, 9.17) is 5.11 Å². The van der Waals surface area contributed by atoms with Crippen LogP contribution in [0.1, 0.15) is 6.92 Å². The van der Waals surface area contributed by atoms with Crippen LogP contribution >= 0.6 is 0 Å². The fraction of sp³-hybridized carbons (Fsp3) is 0.286. The van der Waals surface area contributed by atoms with E-state index in [2.05, 4.69) is 9.72 Å². The first-order chi connectivity index (χ1) is 6.07. The van der Waals surface area contributed by atoms with Crippen LogP contribution < -0.4 is 4.74 Å². The van der Waals surface area contributed by atoms with Gasteiger partial charge in [-0.25, -0.2) is 0 Å². The Balaban J connectivity index is 3.24. The van der Waals surface area contributed by atoms with Crippen LogP contribution in [0, 0.1) is 17.6 Å². The molecule has 0 atom stereocenters. The number of halogens is 3. The molecule has 0 aliphatic carbocycles. The normalized spacial score (nSPS) is 10.2. The molecule has 3 nitrogen and oxygen atoms in total. The van der Waals surface area contributed by atoms with E-state index in [1.54, 1.807) is 0 Å². The second-order valence-electron chi connectivity index (χ2n) is 2.12. The van der Waals surface area contributed by atoms with Crippen molar-refractivity contribution < 1.29 is 23.0 Å². The average molecular weight is 193 g/mol. The lowest BCUT2D eigenvalue weighted by Gasteiger charge is -2.04. The van der Waals surface area contributed by atoms with Gasteiger partial charge in [0.15, 0.2) is 0 Å². The number of ether oxygens (including phenoxy) is 1. The molecule has 0 spiro atoms. The summed E-state index contributed by atoms with van der Waals surface area (Å²) in [5.41, 5.74) is 0. The maximum Gasteiger partial charge on any atom is 0.261 e. The van der Waals surface area contributed by atoms with Gasteiger partial charge in [-0.15, -0.1) is 0 Å². The Morgan fingerprint density at radius 2 is 1.92 bits per heavy atom. The first kappa shape index (κ1) is 9.63. The summed E-state index contributed by atoms with van der Waals surface area (Å²) in [6.07, 6.45) is 0. The van der Waals surface area contributed by atoms with Crippen molar-refractivity contribution in [3.8, 4) is 11.6 Å². The summed E-state index contributed by atoms with van der Waals surface area (Å²) < 4.78 is 42.3. The maximum absolute atomic E-state index is 12.7. The fourth-order valence-electron chi connectivity index (χ4n) is 0.712. The van der Waals surface area contributed by atoms with Crippen molar-refractivity contribution in [1.82, 2.24) is 4.98 Å². The first-order valence-electron chi connectivity index (χ1n) is 3.44. The van der Waals surface area contributed by atoms with Crippen LogP contribution in [0.15, 0.2) is 0 Å². The van der Waals surface area contributed by atoms with Crippen LogP contribution in [0.3, 0.4) is 0 Å². The topological polar surface area (TPSA) is 42.4 Å². The van der Waals surface area contributed by atoms with E-state index in [-0.39, 0.29) is 6.61 Å². The molecule has 1 aromatic rings. The molecule has 0 fully saturated rings. The van der Waals surface area contributed by atoms with E-state index in [1.165, 1.54) is 6.92 Å². The van der Waals surface area contributed by atoms with Crippen LogP contribution in [0.4, 0.5) is 13.2 Å². The zero-order valence-corrected chi connectivity index (χ0v) is 6.64. The lowest BCUT2D eigenvalue weighted by atomic mass is 10.4. The molecular weight excluding hydrogens is 187 g/mol. The Hall–Kier alpha value is -1.46. The molecule has 1 rings (SSSR count). The number of aromatic nitrogens is 1. The van der Waals surface area contributed by atoms with Gasteiger partial charge in [0.1, 0.15) is 0 Å². The van der Waals surface area contributed by atoms with E-state index in [9.17, 15) is 13.2 Å². The minimum atomic E-state index is -1.70. The van der Waals surface area contributed by atoms with Crippen molar-refractivity contribution in [2.24, 2.45) is 0 Å². The summed E-state index contributed by atoms with van der Waals surface area (Å²) in [5.74, 6) is -6.93. The van der Waals surface area contributed by atoms with Crippen LogP contribution in [0.5, 0.6) is 11.6 Å². The highest BCUT2D eigenvalue weighted by Crippen LogP contribution is 2.26. The number of hydrogen-bond donors (Lipinski definition) is 1. The summed E-state index contributed by atoms with van der Waals surface area (Å²) in [7, 11) is 0. The van der Waals surface area contributed by atoms with Crippen LogP contribution in [-0.4, -0.2) is 16.7 Å². The minimum Gasteiger partial charge on any atom is -0.502 e. The molecule has 0 aromatic carbocycles. The van der Waals surface area contributed by atoms with Crippen molar-refractivity contribution in [3.05, 3.63) is 17.6 Å². The average Bonchev–Trinajstić information content (AvgIpc) is 2.11. The Morgan fingerprint density at radius 1 is 1.31 bits per heavy atom. The standard InChI is InChI=1S/C7H6F3NO2/c1-2-13-7-4(9)3(8)5(12)6(10)11-7/h12H,2H2,1H3. The molecule has 0 amide bonds. The van der Waals surface area contributed by atoms with E-state index in [0.29, 0.717) is 0 Å². The SMILES string of the molecule is CCOc1nc(F)c(O)c(F)c1F. The molecule has 6 heteroatoms. The fourth-order valence-corrected chi connectivity index (χ4v) is 0.712. The Kier molecular flexibility index (Phi) is 2.60. The van der Waals surface area contributed by atoms with Crippen molar-refractivity contribution in [2.45, 2.75) is 6.92 Å². The number of nitrogens with zero attached hydrogens (tertiary/aromatic N) is 1.